The van der Waals surface area contributed by atoms with Crippen LogP contribution in [0.2, 0.25) is 0 Å². The summed E-state index contributed by atoms with van der Waals surface area (Å²) in [7, 11) is 0. The second-order valence-electron chi connectivity index (χ2n) is 4.60. The van der Waals surface area contributed by atoms with Gasteiger partial charge in [-0.2, -0.15) is 0 Å². The van der Waals surface area contributed by atoms with Crippen LogP contribution >= 0.6 is 0 Å². The van der Waals surface area contributed by atoms with Crippen LogP contribution in [0.1, 0.15) is 44.3 Å². The lowest BCUT2D eigenvalue weighted by Crippen LogP contribution is -2.41. The number of hydrogen-bond acceptors (Lipinski definition) is 2. The third kappa shape index (κ3) is 1.72. The number of carbonyl (C=O) groups is 1. The molecule has 0 radical (unpaired) electrons. The fourth-order valence-electron chi connectivity index (χ4n) is 2.70. The summed E-state index contributed by atoms with van der Waals surface area (Å²) in [5, 5.41) is 9.56. The quantitative estimate of drug-likeness (QED) is 0.781. The molecule has 4 nitrogen and oxygen atoms in total. The lowest BCUT2D eigenvalue weighted by molar-refractivity contribution is -0.148. The Morgan fingerprint density at radius 1 is 1.38 bits per heavy atom. The number of aromatic nitrogens is 2. The summed E-state index contributed by atoms with van der Waals surface area (Å²) < 4.78 is 1.85. The maximum Gasteiger partial charge on any atom is 0.329 e. The SMILES string of the molecule is Cc1nccn1C1(C(=O)O)CCCCCC1. The fraction of sp³-hybridized carbons (Fsp3) is 0.667. The molecule has 0 amide bonds. The topological polar surface area (TPSA) is 55.1 Å². The number of aryl methyl sites for hydroxylation is 1. The summed E-state index contributed by atoms with van der Waals surface area (Å²) >= 11 is 0. The van der Waals surface area contributed by atoms with Gasteiger partial charge in [0, 0.05) is 12.4 Å². The molecule has 88 valence electrons. The maximum atomic E-state index is 11.6. The van der Waals surface area contributed by atoms with Crippen LogP contribution in [-0.4, -0.2) is 20.6 Å². The summed E-state index contributed by atoms with van der Waals surface area (Å²) in [4.78, 5) is 15.8. The van der Waals surface area contributed by atoms with Gasteiger partial charge in [0.1, 0.15) is 11.4 Å². The van der Waals surface area contributed by atoms with Crippen LogP contribution in [0.4, 0.5) is 0 Å². The van der Waals surface area contributed by atoms with Gasteiger partial charge in [0.15, 0.2) is 0 Å². The first kappa shape index (κ1) is 11.2. The molecule has 1 N–H and O–H groups in total. The Morgan fingerprint density at radius 2 is 2.00 bits per heavy atom. The molecule has 0 aliphatic heterocycles. The standard InChI is InChI=1S/C12H18N2O2/c1-10-13-8-9-14(10)12(11(15)16)6-4-2-3-5-7-12/h8-9H,2-7H2,1H3,(H,15,16). The molecule has 16 heavy (non-hydrogen) atoms. The molecule has 0 atom stereocenters. The smallest absolute Gasteiger partial charge is 0.329 e. The first-order valence-corrected chi connectivity index (χ1v) is 5.91. The lowest BCUT2D eigenvalue weighted by atomic mass is 9.89. The van der Waals surface area contributed by atoms with Gasteiger partial charge in [-0.1, -0.05) is 25.7 Å². The van der Waals surface area contributed by atoms with Gasteiger partial charge in [-0.15, -0.1) is 0 Å². The third-order valence-electron chi connectivity index (χ3n) is 3.62. The molecule has 1 saturated carbocycles. The van der Waals surface area contributed by atoms with Gasteiger partial charge in [-0.3, -0.25) is 0 Å². The molecule has 1 fully saturated rings. The number of carboxylic acids is 1. The van der Waals surface area contributed by atoms with Crippen molar-refractivity contribution in [1.82, 2.24) is 9.55 Å². The molecule has 0 aromatic carbocycles. The molecular weight excluding hydrogens is 204 g/mol. The number of hydrogen-bond donors (Lipinski definition) is 1. The van der Waals surface area contributed by atoms with E-state index in [0.29, 0.717) is 0 Å². The average molecular weight is 222 g/mol. The predicted molar refractivity (Wildman–Crippen MR) is 60.3 cm³/mol. The lowest BCUT2D eigenvalue weighted by Gasteiger charge is -2.30. The largest absolute Gasteiger partial charge is 0.479 e. The Kier molecular flexibility index (Phi) is 2.99. The van der Waals surface area contributed by atoms with Crippen molar-refractivity contribution >= 4 is 5.97 Å². The first-order chi connectivity index (χ1) is 7.67. The van der Waals surface area contributed by atoms with E-state index in [4.69, 9.17) is 0 Å². The van der Waals surface area contributed by atoms with Gasteiger partial charge >= 0.3 is 5.97 Å². The minimum Gasteiger partial charge on any atom is -0.479 e. The van der Waals surface area contributed by atoms with E-state index < -0.39 is 11.5 Å². The molecule has 0 saturated heterocycles. The van der Waals surface area contributed by atoms with Crippen molar-refractivity contribution in [3.8, 4) is 0 Å². The van der Waals surface area contributed by atoms with Crippen LogP contribution in [0.3, 0.4) is 0 Å². The molecule has 0 spiro atoms. The molecule has 1 heterocycles. The summed E-state index contributed by atoms with van der Waals surface area (Å²) in [6, 6.07) is 0. The normalized spacial score (nSPS) is 20.3. The van der Waals surface area contributed by atoms with Crippen LogP contribution in [0.25, 0.3) is 0 Å². The van der Waals surface area contributed by atoms with E-state index in [0.717, 1.165) is 44.3 Å². The van der Waals surface area contributed by atoms with Crippen molar-refractivity contribution in [2.24, 2.45) is 0 Å². The van der Waals surface area contributed by atoms with Gasteiger partial charge in [0.05, 0.1) is 0 Å². The second kappa shape index (κ2) is 4.28. The van der Waals surface area contributed by atoms with E-state index in [2.05, 4.69) is 4.98 Å². The van der Waals surface area contributed by atoms with Gasteiger partial charge < -0.3 is 9.67 Å². The number of imidazole rings is 1. The van der Waals surface area contributed by atoms with E-state index in [1.807, 2.05) is 11.5 Å². The zero-order valence-corrected chi connectivity index (χ0v) is 9.65. The second-order valence-corrected chi connectivity index (χ2v) is 4.60. The Balaban J connectivity index is 2.42. The van der Waals surface area contributed by atoms with Crippen LogP contribution < -0.4 is 0 Å². The molecule has 4 heteroatoms. The van der Waals surface area contributed by atoms with E-state index in [1.165, 1.54) is 0 Å². The summed E-state index contributed by atoms with van der Waals surface area (Å²) in [5.41, 5.74) is -0.753. The van der Waals surface area contributed by atoms with Crippen LogP contribution in [0, 0.1) is 6.92 Å². The highest BCUT2D eigenvalue weighted by Gasteiger charge is 2.40. The summed E-state index contributed by atoms with van der Waals surface area (Å²) in [5.74, 6) is 0.0831. The van der Waals surface area contributed by atoms with Crippen LogP contribution in [0.5, 0.6) is 0 Å². The highest BCUT2D eigenvalue weighted by Crippen LogP contribution is 2.34. The Hall–Kier alpha value is -1.32. The number of nitrogens with zero attached hydrogens (tertiary/aromatic N) is 2. The first-order valence-electron chi connectivity index (χ1n) is 5.91. The number of rotatable bonds is 2. The molecule has 1 aromatic heterocycles. The highest BCUT2D eigenvalue weighted by molar-refractivity contribution is 5.77. The van der Waals surface area contributed by atoms with Crippen molar-refractivity contribution < 1.29 is 9.90 Å². The number of aliphatic carboxylic acids is 1. The van der Waals surface area contributed by atoms with Gasteiger partial charge in [-0.25, -0.2) is 9.78 Å². The minimum absolute atomic E-state index is 0.712. The van der Waals surface area contributed by atoms with Crippen molar-refractivity contribution in [3.63, 3.8) is 0 Å². The highest BCUT2D eigenvalue weighted by atomic mass is 16.4. The van der Waals surface area contributed by atoms with Gasteiger partial charge in [0.2, 0.25) is 0 Å². The number of carboxylic acid groups (broad SMARTS) is 1. The van der Waals surface area contributed by atoms with E-state index >= 15 is 0 Å². The van der Waals surface area contributed by atoms with Crippen LogP contribution in [0.15, 0.2) is 12.4 Å². The molecule has 2 rings (SSSR count). The third-order valence-corrected chi connectivity index (χ3v) is 3.62. The molecule has 1 aliphatic rings. The fourth-order valence-corrected chi connectivity index (χ4v) is 2.70. The molecular formula is C12H18N2O2. The molecule has 0 unspecified atom stereocenters. The Morgan fingerprint density at radius 3 is 2.44 bits per heavy atom. The molecule has 1 aromatic rings. The van der Waals surface area contributed by atoms with Crippen molar-refractivity contribution in [2.45, 2.75) is 51.0 Å². The average Bonchev–Trinajstić information content (AvgIpc) is 2.55. The van der Waals surface area contributed by atoms with Gasteiger partial charge in [0.25, 0.3) is 0 Å². The van der Waals surface area contributed by atoms with E-state index in [-0.39, 0.29) is 0 Å². The van der Waals surface area contributed by atoms with Crippen molar-refractivity contribution in [2.75, 3.05) is 0 Å². The Bertz CT molecular complexity index is 376. The van der Waals surface area contributed by atoms with E-state index in [1.54, 1.807) is 12.4 Å². The molecule has 0 bridgehead atoms. The predicted octanol–water partition coefficient (Wildman–Crippen LogP) is 2.33. The molecule has 1 aliphatic carbocycles. The summed E-state index contributed by atoms with van der Waals surface area (Å²) in [6.07, 6.45) is 9.19. The van der Waals surface area contributed by atoms with Crippen molar-refractivity contribution in [1.29, 1.82) is 0 Å². The maximum absolute atomic E-state index is 11.6. The van der Waals surface area contributed by atoms with Gasteiger partial charge in [-0.05, 0) is 19.8 Å². The summed E-state index contributed by atoms with van der Waals surface area (Å²) in [6.45, 7) is 1.87. The van der Waals surface area contributed by atoms with E-state index in [9.17, 15) is 9.90 Å². The van der Waals surface area contributed by atoms with Crippen LogP contribution in [-0.2, 0) is 10.3 Å². The Labute approximate surface area is 95.3 Å². The zero-order valence-electron chi connectivity index (χ0n) is 9.65. The monoisotopic (exact) mass is 222 g/mol. The zero-order chi connectivity index (χ0) is 11.6. The van der Waals surface area contributed by atoms with Crippen molar-refractivity contribution in [3.05, 3.63) is 18.2 Å². The minimum atomic E-state index is -0.753.